The molecule has 1 heterocycles. The summed E-state index contributed by atoms with van der Waals surface area (Å²) in [6.07, 6.45) is 0. The van der Waals surface area contributed by atoms with Gasteiger partial charge in [0.2, 0.25) is 5.95 Å². The second-order valence-corrected chi connectivity index (χ2v) is 4.68. The second kappa shape index (κ2) is 5.50. The Morgan fingerprint density at radius 2 is 1.65 bits per heavy atom. The summed E-state index contributed by atoms with van der Waals surface area (Å²) in [5, 5.41) is 0. The van der Waals surface area contributed by atoms with Crippen molar-refractivity contribution in [2.75, 3.05) is 11.5 Å². The van der Waals surface area contributed by atoms with Crippen molar-refractivity contribution in [2.24, 2.45) is 0 Å². The van der Waals surface area contributed by atoms with Crippen LogP contribution in [0.15, 0.2) is 24.3 Å². The van der Waals surface area contributed by atoms with Gasteiger partial charge in [0.1, 0.15) is 5.82 Å². The summed E-state index contributed by atoms with van der Waals surface area (Å²) in [5.74, 6) is 0.635. The van der Waals surface area contributed by atoms with Crippen LogP contribution < -0.4 is 11.5 Å². The summed E-state index contributed by atoms with van der Waals surface area (Å²) in [5.41, 5.74) is 14.0. The van der Waals surface area contributed by atoms with Crippen molar-refractivity contribution in [1.29, 1.82) is 0 Å². The van der Waals surface area contributed by atoms with E-state index in [1.165, 1.54) is 3.57 Å². The average Bonchev–Trinajstić information content (AvgIpc) is 2.19. The summed E-state index contributed by atoms with van der Waals surface area (Å²) in [4.78, 5) is 8.09. The fourth-order valence-corrected chi connectivity index (χ4v) is 1.95. The van der Waals surface area contributed by atoms with E-state index in [0.29, 0.717) is 5.82 Å². The number of anilines is 2. The zero-order chi connectivity index (χ0) is 11.7. The fourth-order valence-electron chi connectivity index (χ4n) is 1.59. The van der Waals surface area contributed by atoms with E-state index in [1.54, 1.807) is 0 Å². The van der Waals surface area contributed by atoms with Crippen molar-refractivity contribution in [3.05, 3.63) is 33.5 Å². The predicted molar refractivity (Wildman–Crippen MR) is 81.0 cm³/mol. The molecule has 1 aromatic carbocycles. The molecule has 0 saturated heterocycles. The van der Waals surface area contributed by atoms with Gasteiger partial charge in [0, 0.05) is 9.13 Å². The van der Waals surface area contributed by atoms with Crippen LogP contribution in [0.5, 0.6) is 0 Å². The maximum absolute atomic E-state index is 5.86. The summed E-state index contributed by atoms with van der Waals surface area (Å²) in [6, 6.07) is 8.04. The third-order valence-electron chi connectivity index (χ3n) is 2.27. The van der Waals surface area contributed by atoms with Gasteiger partial charge in [0.15, 0.2) is 0 Å². The minimum Gasteiger partial charge on any atom is -0.383 e. The molecule has 0 unspecified atom stereocenters. The topological polar surface area (TPSA) is 77.8 Å². The van der Waals surface area contributed by atoms with Crippen molar-refractivity contribution in [3.63, 3.8) is 0 Å². The molecule has 0 atom stereocenters. The number of nitrogens with zero attached hydrogens (tertiary/aromatic N) is 2. The number of hydrogen-bond acceptors (Lipinski definition) is 4. The molecule has 0 amide bonds. The van der Waals surface area contributed by atoms with Crippen molar-refractivity contribution >= 4 is 46.8 Å². The fraction of sp³-hybridized carbons (Fsp3) is 0.0909. The van der Waals surface area contributed by atoms with Crippen LogP contribution in [0.4, 0.5) is 11.8 Å². The summed E-state index contributed by atoms with van der Waals surface area (Å²) in [6.45, 7) is 1.88. The van der Waals surface area contributed by atoms with E-state index in [4.69, 9.17) is 11.5 Å². The molecule has 0 radical (unpaired) electrons. The lowest BCUT2D eigenvalue weighted by atomic mass is 10.1. The van der Waals surface area contributed by atoms with E-state index in [0.717, 1.165) is 16.8 Å². The summed E-state index contributed by atoms with van der Waals surface area (Å²) in [7, 11) is 0. The summed E-state index contributed by atoms with van der Waals surface area (Å²) < 4.78 is 1.17. The first-order valence-corrected chi connectivity index (χ1v) is 5.81. The number of aromatic nitrogens is 2. The van der Waals surface area contributed by atoms with Gasteiger partial charge in [-0.1, -0.05) is 12.1 Å². The van der Waals surface area contributed by atoms with E-state index < -0.39 is 0 Å². The predicted octanol–water partition coefficient (Wildman–Crippen LogP) is 2.64. The normalized spacial score (nSPS) is 9.76. The highest BCUT2D eigenvalue weighted by atomic mass is 127. The van der Waals surface area contributed by atoms with Crippen LogP contribution in [0.25, 0.3) is 11.1 Å². The quantitative estimate of drug-likeness (QED) is 0.765. The first-order valence-electron chi connectivity index (χ1n) is 4.73. The van der Waals surface area contributed by atoms with Crippen molar-refractivity contribution in [1.82, 2.24) is 9.97 Å². The molecule has 2 rings (SSSR count). The number of aryl methyl sites for hydroxylation is 1. The largest absolute Gasteiger partial charge is 0.383 e. The standard InChI is InChI=1S/C11H11IN4.ClH/c1-6-9(10(13)16-11(14)15-6)7-2-4-8(12)5-3-7;/h2-5H,1H3,(H4,13,14,15,16);1H. The van der Waals surface area contributed by atoms with Crippen LogP contribution in [0.1, 0.15) is 5.69 Å². The van der Waals surface area contributed by atoms with Crippen LogP contribution in [0.3, 0.4) is 0 Å². The molecule has 0 spiro atoms. The SMILES string of the molecule is Cc1nc(N)nc(N)c1-c1ccc(I)cc1.Cl. The first kappa shape index (κ1) is 14.0. The van der Waals surface area contributed by atoms with Gasteiger partial charge in [-0.3, -0.25) is 0 Å². The van der Waals surface area contributed by atoms with Gasteiger partial charge in [0.05, 0.1) is 5.69 Å². The lowest BCUT2D eigenvalue weighted by molar-refractivity contribution is 1.13. The summed E-state index contributed by atoms with van der Waals surface area (Å²) >= 11 is 2.26. The number of nitrogens with two attached hydrogens (primary N) is 2. The van der Waals surface area contributed by atoms with Gasteiger partial charge in [0.25, 0.3) is 0 Å². The van der Waals surface area contributed by atoms with Gasteiger partial charge in [-0.25, -0.2) is 4.98 Å². The Kier molecular flexibility index (Phi) is 4.53. The molecule has 0 bridgehead atoms. The molecule has 90 valence electrons. The highest BCUT2D eigenvalue weighted by molar-refractivity contribution is 14.1. The minimum atomic E-state index is 0. The first-order chi connectivity index (χ1) is 7.58. The van der Waals surface area contributed by atoms with Gasteiger partial charge < -0.3 is 11.5 Å². The van der Waals surface area contributed by atoms with Crippen molar-refractivity contribution in [3.8, 4) is 11.1 Å². The van der Waals surface area contributed by atoms with Gasteiger partial charge >= 0.3 is 0 Å². The van der Waals surface area contributed by atoms with Crippen molar-refractivity contribution < 1.29 is 0 Å². The molecule has 6 heteroatoms. The monoisotopic (exact) mass is 362 g/mol. The van der Waals surface area contributed by atoms with Crippen LogP contribution in [0, 0.1) is 10.5 Å². The van der Waals surface area contributed by atoms with Crippen LogP contribution in [-0.2, 0) is 0 Å². The molecule has 0 aliphatic rings. The number of benzene rings is 1. The van der Waals surface area contributed by atoms with Crippen LogP contribution >= 0.6 is 35.0 Å². The Balaban J connectivity index is 0.00000144. The Bertz CT molecular complexity index is 504. The number of rotatable bonds is 1. The van der Waals surface area contributed by atoms with Crippen molar-refractivity contribution in [2.45, 2.75) is 6.92 Å². The molecule has 1 aromatic heterocycles. The van der Waals surface area contributed by atoms with Crippen LogP contribution in [-0.4, -0.2) is 9.97 Å². The molecule has 0 saturated carbocycles. The Hall–Kier alpha value is -1.08. The van der Waals surface area contributed by atoms with Gasteiger partial charge in [-0.15, -0.1) is 12.4 Å². The molecule has 4 nitrogen and oxygen atoms in total. The van der Waals surface area contributed by atoms with E-state index in [1.807, 2.05) is 31.2 Å². The molecule has 0 fully saturated rings. The maximum Gasteiger partial charge on any atom is 0.222 e. The second-order valence-electron chi connectivity index (χ2n) is 3.43. The third-order valence-corrected chi connectivity index (χ3v) is 2.99. The molecule has 17 heavy (non-hydrogen) atoms. The van der Waals surface area contributed by atoms with E-state index in [-0.39, 0.29) is 18.4 Å². The molecule has 4 N–H and O–H groups in total. The number of halogens is 2. The average molecular weight is 363 g/mol. The smallest absolute Gasteiger partial charge is 0.222 e. The Morgan fingerprint density at radius 3 is 2.18 bits per heavy atom. The zero-order valence-electron chi connectivity index (χ0n) is 9.14. The van der Waals surface area contributed by atoms with E-state index >= 15 is 0 Å². The Morgan fingerprint density at radius 1 is 1.06 bits per heavy atom. The minimum absolute atomic E-state index is 0. The molecule has 2 aromatic rings. The van der Waals surface area contributed by atoms with Crippen LogP contribution in [0.2, 0.25) is 0 Å². The maximum atomic E-state index is 5.86. The van der Waals surface area contributed by atoms with E-state index in [2.05, 4.69) is 32.6 Å². The van der Waals surface area contributed by atoms with Gasteiger partial charge in [-0.2, -0.15) is 4.98 Å². The number of nitrogen functional groups attached to an aromatic ring is 2. The highest BCUT2D eigenvalue weighted by Gasteiger charge is 2.09. The van der Waals surface area contributed by atoms with Gasteiger partial charge in [-0.05, 0) is 47.2 Å². The molecule has 0 aliphatic carbocycles. The highest BCUT2D eigenvalue weighted by Crippen LogP contribution is 2.27. The lowest BCUT2D eigenvalue weighted by Crippen LogP contribution is -2.04. The zero-order valence-corrected chi connectivity index (χ0v) is 12.1. The van der Waals surface area contributed by atoms with E-state index in [9.17, 15) is 0 Å². The molecular weight excluding hydrogens is 351 g/mol. The molecular formula is C11H12ClIN4. The number of hydrogen-bond donors (Lipinski definition) is 2. The lowest BCUT2D eigenvalue weighted by Gasteiger charge is -2.08. The third kappa shape index (κ3) is 2.98. The molecule has 0 aliphatic heterocycles. The Labute approximate surface area is 119 Å².